The number of hydrogen-bond acceptors (Lipinski definition) is 4. The predicted octanol–water partition coefficient (Wildman–Crippen LogP) is 10.8. The molecule has 6 heteroatoms. The first-order chi connectivity index (χ1) is 26.1. The molecule has 6 aromatic carbocycles. The Morgan fingerprint density at radius 1 is 0.481 bits per heavy atom. The molecule has 8 aromatic rings. The van der Waals surface area contributed by atoms with Crippen molar-refractivity contribution in [2.45, 2.75) is 38.5 Å². The van der Waals surface area contributed by atoms with E-state index in [4.69, 9.17) is 16.6 Å². The molecule has 2 heterocycles. The summed E-state index contributed by atoms with van der Waals surface area (Å²) >= 11 is 5.85. The van der Waals surface area contributed by atoms with Gasteiger partial charge in [-0.15, -0.1) is 0 Å². The van der Waals surface area contributed by atoms with E-state index in [1.54, 1.807) is 12.3 Å². The largest absolute Gasteiger partial charge is 0.488 e. The molecule has 10 rings (SSSR count). The number of hydrogen-bond donors (Lipinski definition) is 2. The summed E-state index contributed by atoms with van der Waals surface area (Å²) in [5.41, 5.74) is 13.1. The molecule has 2 aromatic heterocycles. The fourth-order valence-electron chi connectivity index (χ4n) is 8.17. The highest BCUT2D eigenvalue weighted by Gasteiger charge is 2.36. The number of pyridine rings is 2. The van der Waals surface area contributed by atoms with E-state index in [-0.39, 0.29) is 10.8 Å². The second-order valence-electron chi connectivity index (χ2n) is 15.0. The average Bonchev–Trinajstić information content (AvgIpc) is 3.57. The van der Waals surface area contributed by atoms with Gasteiger partial charge >= 0.3 is 7.12 Å². The van der Waals surface area contributed by atoms with E-state index in [0.717, 1.165) is 22.0 Å². The quantitative estimate of drug-likeness (QED) is 0.138. The van der Waals surface area contributed by atoms with E-state index < -0.39 is 7.12 Å². The van der Waals surface area contributed by atoms with Crippen LogP contribution in [-0.2, 0) is 10.8 Å². The highest BCUT2D eigenvalue weighted by Crippen LogP contribution is 2.50. The summed E-state index contributed by atoms with van der Waals surface area (Å²) in [6.07, 6.45) is 3.62. The van der Waals surface area contributed by atoms with Crippen molar-refractivity contribution in [2.75, 3.05) is 0 Å². The van der Waals surface area contributed by atoms with Crippen molar-refractivity contribution in [2.24, 2.45) is 0 Å². The Morgan fingerprint density at radius 2 is 0.963 bits per heavy atom. The van der Waals surface area contributed by atoms with Crippen LogP contribution in [0.1, 0.15) is 49.9 Å². The maximum Gasteiger partial charge on any atom is 0.488 e. The second kappa shape index (κ2) is 14.0. The first-order valence-corrected chi connectivity index (χ1v) is 18.6. The van der Waals surface area contributed by atoms with Gasteiger partial charge in [0.15, 0.2) is 0 Å². The number of halogens is 1. The van der Waals surface area contributed by atoms with Crippen LogP contribution in [0.4, 0.5) is 0 Å². The first-order valence-electron chi connectivity index (χ1n) is 18.2. The zero-order valence-electron chi connectivity index (χ0n) is 30.8. The van der Waals surface area contributed by atoms with Gasteiger partial charge in [-0.05, 0) is 78.9 Å². The number of aromatic nitrogens is 2. The van der Waals surface area contributed by atoms with Crippen molar-refractivity contribution < 1.29 is 10.0 Å². The van der Waals surface area contributed by atoms with Gasteiger partial charge in [0, 0.05) is 39.6 Å². The van der Waals surface area contributed by atoms with Gasteiger partial charge in [0.05, 0.1) is 5.69 Å². The molecule has 0 unspecified atom stereocenters. The van der Waals surface area contributed by atoms with E-state index >= 15 is 0 Å². The summed E-state index contributed by atoms with van der Waals surface area (Å²) in [6, 6.07) is 50.0. The molecule has 0 fully saturated rings. The minimum Gasteiger partial charge on any atom is -0.423 e. The molecule has 2 aliphatic rings. The lowest BCUT2D eigenvalue weighted by Gasteiger charge is -2.22. The number of fused-ring (bicyclic) bond motifs is 8. The van der Waals surface area contributed by atoms with Crippen LogP contribution in [0, 0.1) is 0 Å². The highest BCUT2D eigenvalue weighted by molar-refractivity contribution is 6.58. The summed E-state index contributed by atoms with van der Waals surface area (Å²) < 4.78 is 0. The van der Waals surface area contributed by atoms with Crippen molar-refractivity contribution in [1.82, 2.24) is 9.97 Å². The molecule has 264 valence electrons. The fourth-order valence-corrected chi connectivity index (χ4v) is 8.39. The van der Waals surface area contributed by atoms with Crippen molar-refractivity contribution in [3.63, 3.8) is 0 Å². The lowest BCUT2D eigenvalue weighted by molar-refractivity contribution is 0.425. The molecule has 0 amide bonds. The SMILES string of the molecule is CC1(C)c2ccccc2-c2ccc(-c3nccc4ccccc34)cc21.CC1(C)c2ccccc2-c2ccc(B(O)O)cc21.Clc1nccc2ccccc12. The molecule has 2 N–H and O–H groups in total. The van der Waals surface area contributed by atoms with Crippen LogP contribution in [0.2, 0.25) is 5.15 Å². The summed E-state index contributed by atoms with van der Waals surface area (Å²) in [5.74, 6) is 0. The number of nitrogens with zero attached hydrogens (tertiary/aromatic N) is 2. The minimum atomic E-state index is -1.41. The standard InChI is InChI=1S/C24H19N.C15H15BO2.C9H6ClN/c1-24(2)21-10-6-5-9-19(21)20-12-11-17(15-22(20)24)23-18-8-4-3-7-16(18)13-14-25-23;1-15(2)13-6-4-3-5-11(13)12-8-7-10(16(17)18)9-14(12)15;10-9-8-4-2-1-3-7(8)5-6-11-9/h3-15H,1-2H3;3-9,17-18H,1-2H3;1-6H. The predicted molar refractivity (Wildman–Crippen MR) is 225 cm³/mol. The molecule has 2 aliphatic carbocycles. The van der Waals surface area contributed by atoms with Crippen LogP contribution < -0.4 is 5.46 Å². The van der Waals surface area contributed by atoms with Gasteiger partial charge < -0.3 is 10.0 Å². The zero-order valence-corrected chi connectivity index (χ0v) is 31.5. The molecular formula is C48H40BClN2O2. The molecular weight excluding hydrogens is 683 g/mol. The lowest BCUT2D eigenvalue weighted by atomic mass is 9.75. The normalized spacial score (nSPS) is 13.8. The van der Waals surface area contributed by atoms with Crippen LogP contribution in [-0.4, -0.2) is 27.1 Å². The van der Waals surface area contributed by atoms with Crippen LogP contribution in [0.3, 0.4) is 0 Å². The molecule has 0 spiro atoms. The third-order valence-corrected chi connectivity index (χ3v) is 11.4. The van der Waals surface area contributed by atoms with Crippen LogP contribution in [0.5, 0.6) is 0 Å². The Labute approximate surface area is 321 Å². The zero-order chi connectivity index (χ0) is 37.6. The maximum absolute atomic E-state index is 9.30. The van der Waals surface area contributed by atoms with Crippen LogP contribution >= 0.6 is 11.6 Å². The Balaban J connectivity index is 0.000000124. The molecule has 54 heavy (non-hydrogen) atoms. The first kappa shape index (κ1) is 35.4. The van der Waals surface area contributed by atoms with Gasteiger partial charge in [-0.3, -0.25) is 4.98 Å². The lowest BCUT2D eigenvalue weighted by Crippen LogP contribution is -2.31. The number of benzene rings is 6. The van der Waals surface area contributed by atoms with Gasteiger partial charge in [-0.1, -0.05) is 167 Å². The molecule has 0 saturated heterocycles. The Hall–Kier alpha value is -5.59. The van der Waals surface area contributed by atoms with Crippen molar-refractivity contribution in [3.05, 3.63) is 185 Å². The molecule has 0 bridgehead atoms. The average molecular weight is 723 g/mol. The topological polar surface area (TPSA) is 66.2 Å². The second-order valence-corrected chi connectivity index (χ2v) is 15.3. The Kier molecular flexibility index (Phi) is 9.19. The highest BCUT2D eigenvalue weighted by atomic mass is 35.5. The Morgan fingerprint density at radius 3 is 1.57 bits per heavy atom. The van der Waals surface area contributed by atoms with E-state index in [2.05, 4.69) is 118 Å². The van der Waals surface area contributed by atoms with E-state index in [0.29, 0.717) is 10.6 Å². The third kappa shape index (κ3) is 6.18. The van der Waals surface area contributed by atoms with Crippen molar-refractivity contribution in [1.29, 1.82) is 0 Å². The molecule has 0 atom stereocenters. The molecule has 4 nitrogen and oxygen atoms in total. The van der Waals surface area contributed by atoms with E-state index in [1.807, 2.05) is 60.8 Å². The summed E-state index contributed by atoms with van der Waals surface area (Å²) in [4.78, 5) is 8.67. The molecule has 0 saturated carbocycles. The van der Waals surface area contributed by atoms with Gasteiger partial charge in [0.1, 0.15) is 5.15 Å². The number of rotatable bonds is 2. The van der Waals surface area contributed by atoms with Gasteiger partial charge in [0.25, 0.3) is 0 Å². The van der Waals surface area contributed by atoms with Gasteiger partial charge in [0.2, 0.25) is 0 Å². The van der Waals surface area contributed by atoms with Crippen LogP contribution in [0.25, 0.3) is 55.1 Å². The summed E-state index contributed by atoms with van der Waals surface area (Å²) in [7, 11) is -1.41. The van der Waals surface area contributed by atoms with E-state index in [1.165, 1.54) is 55.3 Å². The molecule has 0 aliphatic heterocycles. The minimum absolute atomic E-state index is 0.0204. The summed E-state index contributed by atoms with van der Waals surface area (Å²) in [5, 5.41) is 23.7. The molecule has 0 radical (unpaired) electrons. The summed E-state index contributed by atoms with van der Waals surface area (Å²) in [6.45, 7) is 8.98. The van der Waals surface area contributed by atoms with Crippen LogP contribution in [0.15, 0.2) is 158 Å². The van der Waals surface area contributed by atoms with Gasteiger partial charge in [-0.2, -0.15) is 0 Å². The maximum atomic E-state index is 9.30. The smallest absolute Gasteiger partial charge is 0.423 e. The Bertz CT molecular complexity index is 2680. The van der Waals surface area contributed by atoms with Gasteiger partial charge in [-0.25, -0.2) is 4.98 Å². The van der Waals surface area contributed by atoms with E-state index in [9.17, 15) is 10.0 Å². The van der Waals surface area contributed by atoms with Crippen molar-refractivity contribution in [3.8, 4) is 33.5 Å². The third-order valence-electron chi connectivity index (χ3n) is 11.1. The fraction of sp³-hybridized carbons (Fsp3) is 0.125. The van der Waals surface area contributed by atoms with Crippen molar-refractivity contribution >= 4 is 45.7 Å². The monoisotopic (exact) mass is 722 g/mol.